The molecule has 0 N–H and O–H groups in total. The van der Waals surface area contributed by atoms with E-state index >= 15 is 0 Å². The van der Waals surface area contributed by atoms with Gasteiger partial charge in [-0.3, -0.25) is 0 Å². The normalized spacial score (nSPS) is 33.0. The van der Waals surface area contributed by atoms with E-state index in [2.05, 4.69) is 78.9 Å². The third kappa shape index (κ3) is 1.59. The van der Waals surface area contributed by atoms with Crippen molar-refractivity contribution in [3.8, 4) is 0 Å². The van der Waals surface area contributed by atoms with Crippen molar-refractivity contribution in [1.82, 2.24) is 0 Å². The third-order valence-corrected chi connectivity index (χ3v) is 6.54. The topological polar surface area (TPSA) is 0 Å². The summed E-state index contributed by atoms with van der Waals surface area (Å²) < 4.78 is 1.37. The fraction of sp³-hybridized carbons (Fsp3) is 0.857. The van der Waals surface area contributed by atoms with E-state index in [1.807, 2.05) is 0 Å². The average Bonchev–Trinajstić information content (AvgIpc) is 1.95. The minimum absolute atomic E-state index is 0.342. The Morgan fingerprint density at radius 1 is 0.500 bits per heavy atom. The minimum atomic E-state index is 0.342. The molecule has 0 bridgehead atoms. The van der Waals surface area contributed by atoms with E-state index in [-0.39, 0.29) is 0 Å². The van der Waals surface area contributed by atoms with Gasteiger partial charge in [0.25, 0.3) is 0 Å². The van der Waals surface area contributed by atoms with Crippen molar-refractivity contribution in [2.45, 2.75) is 74.4 Å². The van der Waals surface area contributed by atoms with Gasteiger partial charge < -0.3 is 0 Å². The highest BCUT2D eigenvalue weighted by Crippen LogP contribution is 2.68. The molecule has 2 rings (SSSR count). The molecule has 2 aliphatic heterocycles. The van der Waals surface area contributed by atoms with E-state index in [1.54, 1.807) is 11.1 Å². The average molecular weight is 256 g/mol. The molecule has 0 unspecified atom stereocenters. The SMILES string of the molecule is CC1(C)SC(C)(C)C1=C1C(C)(C)SC1(C)C. The van der Waals surface area contributed by atoms with Gasteiger partial charge in [-0.05, 0) is 66.5 Å². The standard InChI is InChI=1S/C14H24S2/c1-11(2)9(12(3,4)15-11)10-13(5,6)16-14(10,7)8/h1-8H3. The number of thioether (sulfide) groups is 2. The van der Waals surface area contributed by atoms with Crippen molar-refractivity contribution in [3.05, 3.63) is 11.1 Å². The Balaban J connectivity index is 2.55. The van der Waals surface area contributed by atoms with Crippen molar-refractivity contribution in [2.24, 2.45) is 0 Å². The Kier molecular flexibility index (Phi) is 2.46. The molecule has 0 aromatic heterocycles. The Morgan fingerprint density at radius 3 is 0.812 bits per heavy atom. The largest absolute Gasteiger partial charge is 0.140 e. The summed E-state index contributed by atoms with van der Waals surface area (Å²) in [5.41, 5.74) is 3.41. The van der Waals surface area contributed by atoms with Crippen molar-refractivity contribution in [1.29, 1.82) is 0 Å². The molecule has 2 saturated heterocycles. The molecule has 0 aromatic carbocycles. The maximum atomic E-state index is 2.38. The van der Waals surface area contributed by atoms with Crippen LogP contribution in [-0.2, 0) is 0 Å². The lowest BCUT2D eigenvalue weighted by molar-refractivity contribution is 0.544. The highest BCUT2D eigenvalue weighted by molar-refractivity contribution is 8.05. The third-order valence-electron chi connectivity index (χ3n) is 3.68. The zero-order valence-electron chi connectivity index (χ0n) is 11.8. The van der Waals surface area contributed by atoms with Crippen LogP contribution in [0.4, 0.5) is 0 Å². The fourth-order valence-electron chi connectivity index (χ4n) is 4.04. The minimum Gasteiger partial charge on any atom is -0.140 e. The van der Waals surface area contributed by atoms with Crippen LogP contribution in [0, 0.1) is 0 Å². The molecule has 2 aliphatic rings. The van der Waals surface area contributed by atoms with Crippen LogP contribution in [0.3, 0.4) is 0 Å². The van der Waals surface area contributed by atoms with Crippen LogP contribution >= 0.6 is 23.5 Å². The first kappa shape index (κ1) is 12.9. The predicted octanol–water partition coefficient (Wildman–Crippen LogP) is 4.89. The molecule has 2 fully saturated rings. The van der Waals surface area contributed by atoms with Gasteiger partial charge in [-0.1, -0.05) is 0 Å². The molecule has 0 spiro atoms. The summed E-state index contributed by atoms with van der Waals surface area (Å²) in [6.45, 7) is 19.0. The van der Waals surface area contributed by atoms with Gasteiger partial charge in [-0.2, -0.15) is 0 Å². The maximum absolute atomic E-state index is 2.38. The van der Waals surface area contributed by atoms with Crippen LogP contribution in [-0.4, -0.2) is 19.0 Å². The maximum Gasteiger partial charge on any atom is 0.0337 e. The molecular formula is C14H24S2. The second-order valence-corrected chi connectivity index (χ2v) is 11.5. The molecule has 0 radical (unpaired) electrons. The van der Waals surface area contributed by atoms with Crippen LogP contribution in [0.15, 0.2) is 11.1 Å². The zero-order chi connectivity index (χ0) is 12.6. The molecular weight excluding hydrogens is 232 g/mol. The lowest BCUT2D eigenvalue weighted by Gasteiger charge is -2.62. The van der Waals surface area contributed by atoms with Gasteiger partial charge in [0.05, 0.1) is 0 Å². The first-order valence-corrected chi connectivity index (χ1v) is 7.70. The lowest BCUT2D eigenvalue weighted by atomic mass is 9.75. The molecule has 16 heavy (non-hydrogen) atoms. The Hall–Kier alpha value is 0.440. The smallest absolute Gasteiger partial charge is 0.0337 e. The summed E-state index contributed by atoms with van der Waals surface area (Å²) in [4.78, 5) is 0. The monoisotopic (exact) mass is 256 g/mol. The molecule has 92 valence electrons. The van der Waals surface area contributed by atoms with Crippen LogP contribution in [0.2, 0.25) is 0 Å². The van der Waals surface area contributed by atoms with Crippen LogP contribution < -0.4 is 0 Å². The molecule has 2 heterocycles. The van der Waals surface area contributed by atoms with Gasteiger partial charge in [-0.15, -0.1) is 23.5 Å². The van der Waals surface area contributed by atoms with Crippen molar-refractivity contribution >= 4 is 23.5 Å². The van der Waals surface area contributed by atoms with E-state index < -0.39 is 0 Å². The summed E-state index contributed by atoms with van der Waals surface area (Å²) in [5, 5.41) is 0. The number of hydrogen-bond acceptors (Lipinski definition) is 2. The van der Waals surface area contributed by atoms with E-state index in [0.29, 0.717) is 19.0 Å². The number of hydrogen-bond donors (Lipinski definition) is 0. The Morgan fingerprint density at radius 2 is 0.688 bits per heavy atom. The van der Waals surface area contributed by atoms with Crippen LogP contribution in [0.5, 0.6) is 0 Å². The highest BCUT2D eigenvalue weighted by Gasteiger charge is 2.59. The highest BCUT2D eigenvalue weighted by atomic mass is 32.2. The number of rotatable bonds is 0. The van der Waals surface area contributed by atoms with Crippen LogP contribution in [0.25, 0.3) is 0 Å². The molecule has 0 nitrogen and oxygen atoms in total. The van der Waals surface area contributed by atoms with Crippen molar-refractivity contribution in [2.75, 3.05) is 0 Å². The summed E-state index contributed by atoms with van der Waals surface area (Å²) in [6.07, 6.45) is 0. The first-order chi connectivity index (χ1) is 6.90. The quantitative estimate of drug-likeness (QED) is 0.566. The van der Waals surface area contributed by atoms with E-state index in [1.165, 1.54) is 0 Å². The Bertz CT molecular complexity index is 302. The molecule has 2 heteroatoms. The second-order valence-electron chi connectivity index (χ2n) is 7.00. The van der Waals surface area contributed by atoms with Gasteiger partial charge in [0, 0.05) is 19.0 Å². The lowest BCUT2D eigenvalue weighted by Crippen LogP contribution is -2.56. The van der Waals surface area contributed by atoms with Crippen LogP contribution in [0.1, 0.15) is 55.4 Å². The fourth-order valence-corrected chi connectivity index (χ4v) is 8.12. The summed E-state index contributed by atoms with van der Waals surface area (Å²) in [6, 6.07) is 0. The van der Waals surface area contributed by atoms with Crippen molar-refractivity contribution in [3.63, 3.8) is 0 Å². The molecule has 0 amide bonds. The van der Waals surface area contributed by atoms with Gasteiger partial charge in [0.15, 0.2) is 0 Å². The second kappa shape index (κ2) is 3.06. The van der Waals surface area contributed by atoms with E-state index in [9.17, 15) is 0 Å². The molecule has 0 atom stereocenters. The first-order valence-electron chi connectivity index (χ1n) is 6.07. The van der Waals surface area contributed by atoms with Gasteiger partial charge in [0.2, 0.25) is 0 Å². The van der Waals surface area contributed by atoms with E-state index in [0.717, 1.165) is 0 Å². The van der Waals surface area contributed by atoms with Gasteiger partial charge in [-0.25, -0.2) is 0 Å². The van der Waals surface area contributed by atoms with Crippen molar-refractivity contribution < 1.29 is 0 Å². The molecule has 0 saturated carbocycles. The van der Waals surface area contributed by atoms with Gasteiger partial charge in [0.1, 0.15) is 0 Å². The predicted molar refractivity (Wildman–Crippen MR) is 78.5 cm³/mol. The van der Waals surface area contributed by atoms with Gasteiger partial charge >= 0.3 is 0 Å². The van der Waals surface area contributed by atoms with E-state index in [4.69, 9.17) is 0 Å². The molecule has 0 aromatic rings. The molecule has 0 aliphatic carbocycles. The Labute approximate surface area is 109 Å². The summed E-state index contributed by atoms with van der Waals surface area (Å²) in [5.74, 6) is 0. The zero-order valence-corrected chi connectivity index (χ0v) is 13.4. The summed E-state index contributed by atoms with van der Waals surface area (Å²) >= 11 is 4.22. The summed E-state index contributed by atoms with van der Waals surface area (Å²) in [7, 11) is 0.